The van der Waals surface area contributed by atoms with Gasteiger partial charge in [0.2, 0.25) is 0 Å². The van der Waals surface area contributed by atoms with E-state index in [4.69, 9.17) is 4.74 Å². The van der Waals surface area contributed by atoms with Crippen LogP contribution in [-0.4, -0.2) is 36.7 Å². The van der Waals surface area contributed by atoms with Crippen molar-refractivity contribution in [1.29, 1.82) is 0 Å². The number of allylic oxidation sites excluding steroid dienone is 4. The third kappa shape index (κ3) is 3.23. The summed E-state index contributed by atoms with van der Waals surface area (Å²) in [6.45, 7) is 6.30. The van der Waals surface area contributed by atoms with Gasteiger partial charge in [-0.3, -0.25) is 14.4 Å². The second kappa shape index (κ2) is 8.16. The van der Waals surface area contributed by atoms with Gasteiger partial charge in [-0.25, -0.2) is 0 Å². The summed E-state index contributed by atoms with van der Waals surface area (Å²) in [6, 6.07) is 6.93. The molecule has 2 saturated carbocycles. The third-order valence-electron chi connectivity index (χ3n) is 10.4. The van der Waals surface area contributed by atoms with E-state index >= 15 is 0 Å². The van der Waals surface area contributed by atoms with E-state index in [1.54, 1.807) is 6.92 Å². The second-order valence-electron chi connectivity index (χ2n) is 12.1. The molecule has 6 rings (SSSR count). The van der Waals surface area contributed by atoms with Crippen LogP contribution >= 0.6 is 0 Å². The van der Waals surface area contributed by atoms with Crippen molar-refractivity contribution < 1.29 is 19.1 Å². The standard InChI is InChI=1S/C31H37NO4/c1-18(33)31(36-19(2)34)13-11-27-25-8-5-21-16-23(35)7-9-24(21)29(25)26(17-30(27,31)3)20-6-10-28-22(15-20)12-14-32(28)4/h6,10,15-16,25-27H,5,7-9,11-14,17H2,1-4H3/t25?,26?,27?,30-,31?/m0/s1. The average molecular weight is 488 g/mol. The summed E-state index contributed by atoms with van der Waals surface area (Å²) in [5, 5.41) is 0. The molecule has 4 unspecified atom stereocenters. The average Bonchev–Trinajstić information content (AvgIpc) is 3.35. The van der Waals surface area contributed by atoms with Crippen molar-refractivity contribution in [1.82, 2.24) is 0 Å². The van der Waals surface area contributed by atoms with Crippen molar-refractivity contribution in [3.63, 3.8) is 0 Å². The highest BCUT2D eigenvalue weighted by Crippen LogP contribution is 2.68. The van der Waals surface area contributed by atoms with E-state index in [1.165, 1.54) is 40.5 Å². The number of Topliss-reactive ketones (excluding diaryl/α,β-unsaturated/α-hetero) is 1. The highest BCUT2D eigenvalue weighted by atomic mass is 16.6. The lowest BCUT2D eigenvalue weighted by Gasteiger charge is -2.55. The minimum atomic E-state index is -1.06. The molecule has 0 radical (unpaired) electrons. The van der Waals surface area contributed by atoms with E-state index in [-0.39, 0.29) is 23.5 Å². The molecule has 0 bridgehead atoms. The molecule has 5 heteroatoms. The van der Waals surface area contributed by atoms with E-state index in [0.717, 1.165) is 45.1 Å². The van der Waals surface area contributed by atoms with Crippen LogP contribution in [0.3, 0.4) is 0 Å². The number of hydrogen-bond donors (Lipinski definition) is 0. The zero-order chi connectivity index (χ0) is 25.4. The van der Waals surface area contributed by atoms with Crippen LogP contribution in [0.4, 0.5) is 5.69 Å². The van der Waals surface area contributed by atoms with Crippen molar-refractivity contribution in [3.05, 3.63) is 52.1 Å². The quantitative estimate of drug-likeness (QED) is 0.529. The maximum Gasteiger partial charge on any atom is 0.303 e. The lowest BCUT2D eigenvalue weighted by Crippen LogP contribution is -2.57. The Kier molecular flexibility index (Phi) is 5.37. The Hall–Kier alpha value is -2.69. The lowest BCUT2D eigenvalue weighted by molar-refractivity contribution is -0.182. The maximum absolute atomic E-state index is 13.3. The Morgan fingerprint density at radius 2 is 1.89 bits per heavy atom. The molecule has 5 aliphatic rings. The SMILES string of the molecule is CC(=O)OC1(C(C)=O)CCC2C3CCC4=CC(=O)CCC4=C3C(c3ccc4c(c3)CCN4C)C[C@@]21C. The van der Waals surface area contributed by atoms with E-state index in [2.05, 4.69) is 37.1 Å². The van der Waals surface area contributed by atoms with Crippen LogP contribution in [0, 0.1) is 17.3 Å². The van der Waals surface area contributed by atoms with Gasteiger partial charge >= 0.3 is 5.97 Å². The lowest BCUT2D eigenvalue weighted by atomic mass is 9.50. The van der Waals surface area contributed by atoms with Crippen LogP contribution in [0.25, 0.3) is 0 Å². The zero-order valence-electron chi connectivity index (χ0n) is 22.0. The first-order valence-electron chi connectivity index (χ1n) is 13.7. The summed E-state index contributed by atoms with van der Waals surface area (Å²) in [5.41, 5.74) is 6.67. The topological polar surface area (TPSA) is 63.7 Å². The molecule has 4 aliphatic carbocycles. The molecule has 0 N–H and O–H groups in total. The molecule has 190 valence electrons. The van der Waals surface area contributed by atoms with Crippen molar-refractivity contribution in [3.8, 4) is 0 Å². The first-order chi connectivity index (χ1) is 17.1. The number of ether oxygens (including phenoxy) is 1. The Balaban J connectivity index is 1.54. The molecule has 2 fully saturated rings. The van der Waals surface area contributed by atoms with Crippen LogP contribution in [0.1, 0.15) is 82.8 Å². The van der Waals surface area contributed by atoms with E-state index in [0.29, 0.717) is 24.7 Å². The van der Waals surface area contributed by atoms with Crippen LogP contribution in [0.15, 0.2) is 41.0 Å². The molecule has 1 aromatic carbocycles. The molecule has 1 heterocycles. The van der Waals surface area contributed by atoms with Crippen molar-refractivity contribution in [2.24, 2.45) is 17.3 Å². The highest BCUT2D eigenvalue weighted by Gasteiger charge is 2.67. The molecule has 0 amide bonds. The minimum Gasteiger partial charge on any atom is -0.451 e. The largest absolute Gasteiger partial charge is 0.451 e. The smallest absolute Gasteiger partial charge is 0.303 e. The molecule has 1 aliphatic heterocycles. The van der Waals surface area contributed by atoms with E-state index in [1.807, 2.05) is 6.08 Å². The van der Waals surface area contributed by atoms with Gasteiger partial charge in [0, 0.05) is 44.0 Å². The summed E-state index contributed by atoms with van der Waals surface area (Å²) >= 11 is 0. The van der Waals surface area contributed by atoms with Crippen molar-refractivity contribution in [2.45, 2.75) is 83.7 Å². The minimum absolute atomic E-state index is 0.0206. The zero-order valence-corrected chi connectivity index (χ0v) is 22.0. The van der Waals surface area contributed by atoms with Gasteiger partial charge in [0.1, 0.15) is 0 Å². The summed E-state index contributed by atoms with van der Waals surface area (Å²) < 4.78 is 6.04. The van der Waals surface area contributed by atoms with E-state index in [9.17, 15) is 14.4 Å². The van der Waals surface area contributed by atoms with Gasteiger partial charge in [-0.05, 0) is 98.1 Å². The first kappa shape index (κ1) is 23.7. The second-order valence-corrected chi connectivity index (χ2v) is 12.1. The van der Waals surface area contributed by atoms with E-state index < -0.39 is 11.0 Å². The predicted octanol–water partition coefficient (Wildman–Crippen LogP) is 5.47. The molecule has 0 spiro atoms. The van der Waals surface area contributed by atoms with Crippen LogP contribution < -0.4 is 4.90 Å². The molecule has 0 aromatic heterocycles. The predicted molar refractivity (Wildman–Crippen MR) is 139 cm³/mol. The maximum atomic E-state index is 13.3. The number of rotatable bonds is 3. The number of nitrogens with zero attached hydrogens (tertiary/aromatic N) is 1. The van der Waals surface area contributed by atoms with Crippen LogP contribution in [0.2, 0.25) is 0 Å². The monoisotopic (exact) mass is 487 g/mol. The number of ketones is 2. The number of hydrogen-bond acceptors (Lipinski definition) is 5. The number of fused-ring (bicyclic) bond motifs is 5. The number of likely N-dealkylation sites (N-methyl/N-ethyl adjacent to an activating group) is 1. The molecule has 1 aromatic rings. The van der Waals surface area contributed by atoms with Crippen molar-refractivity contribution >= 4 is 23.2 Å². The number of carbonyl (C=O) groups is 3. The number of carbonyl (C=O) groups excluding carboxylic acids is 3. The summed E-state index contributed by atoms with van der Waals surface area (Å²) in [4.78, 5) is 40.2. The third-order valence-corrected chi connectivity index (χ3v) is 10.4. The fourth-order valence-electron chi connectivity index (χ4n) is 8.81. The Morgan fingerprint density at radius 3 is 2.64 bits per heavy atom. The Bertz CT molecular complexity index is 1240. The molecule has 36 heavy (non-hydrogen) atoms. The Morgan fingerprint density at radius 1 is 1.08 bits per heavy atom. The first-order valence-corrected chi connectivity index (χ1v) is 13.7. The highest BCUT2D eigenvalue weighted by molar-refractivity contribution is 5.93. The van der Waals surface area contributed by atoms with Gasteiger partial charge < -0.3 is 9.64 Å². The van der Waals surface area contributed by atoms with Gasteiger partial charge in [0.15, 0.2) is 17.2 Å². The van der Waals surface area contributed by atoms with Crippen LogP contribution in [0.5, 0.6) is 0 Å². The number of benzene rings is 1. The summed E-state index contributed by atoms with van der Waals surface area (Å²) in [6.07, 6.45) is 8.56. The fourth-order valence-corrected chi connectivity index (χ4v) is 8.81. The number of esters is 1. The summed E-state index contributed by atoms with van der Waals surface area (Å²) in [5.74, 6) is 0.658. The number of anilines is 1. The summed E-state index contributed by atoms with van der Waals surface area (Å²) in [7, 11) is 2.15. The molecule has 5 nitrogen and oxygen atoms in total. The molecular formula is C31H37NO4. The molecular weight excluding hydrogens is 450 g/mol. The molecule has 0 saturated heterocycles. The van der Waals surface area contributed by atoms with Crippen molar-refractivity contribution in [2.75, 3.05) is 18.5 Å². The van der Waals surface area contributed by atoms with Crippen LogP contribution in [-0.2, 0) is 25.5 Å². The van der Waals surface area contributed by atoms with Gasteiger partial charge in [-0.15, -0.1) is 0 Å². The normalized spacial score (nSPS) is 35.0. The molecule has 5 atom stereocenters. The van der Waals surface area contributed by atoms with Gasteiger partial charge in [-0.1, -0.05) is 24.6 Å². The Labute approximate surface area is 214 Å². The van der Waals surface area contributed by atoms with Gasteiger partial charge in [0.25, 0.3) is 0 Å². The van der Waals surface area contributed by atoms with Gasteiger partial charge in [-0.2, -0.15) is 0 Å². The fraction of sp³-hybridized carbons (Fsp3) is 0.581. The van der Waals surface area contributed by atoms with Gasteiger partial charge in [0.05, 0.1) is 0 Å².